The van der Waals surface area contributed by atoms with E-state index in [1.54, 1.807) is 0 Å². The number of hydrogen-bond acceptors (Lipinski definition) is 1. The molecule has 0 rings (SSSR count). The van der Waals surface area contributed by atoms with E-state index in [2.05, 4.69) is 0 Å². The molecule has 86 valence electrons. The zero-order valence-corrected chi connectivity index (χ0v) is 11.6. The molecule has 0 radical (unpaired) electrons. The highest BCUT2D eigenvalue weighted by Crippen LogP contribution is 2.23. The van der Waals surface area contributed by atoms with E-state index in [0.29, 0.717) is 6.61 Å². The second-order valence-electron chi connectivity index (χ2n) is 4.02. The van der Waals surface area contributed by atoms with Crippen molar-refractivity contribution in [3.8, 4) is 0 Å². The molecular weight excluding hydrogens is 235 g/mol. The van der Waals surface area contributed by atoms with E-state index >= 15 is 0 Å². The van der Waals surface area contributed by atoms with Gasteiger partial charge in [-0.25, -0.2) is 0 Å². The van der Waals surface area contributed by atoms with E-state index in [1.165, 1.54) is 32.1 Å². The van der Waals surface area contributed by atoms with Gasteiger partial charge in [0.2, 0.25) is 6.69 Å². The van der Waals surface area contributed by atoms with Crippen molar-refractivity contribution in [1.29, 1.82) is 0 Å². The van der Waals surface area contributed by atoms with Gasteiger partial charge >= 0.3 is 0 Å². The molecule has 0 saturated carbocycles. The van der Waals surface area contributed by atoms with Crippen molar-refractivity contribution < 1.29 is 5.11 Å². The highest BCUT2D eigenvalue weighted by atomic mass is 35.7. The first kappa shape index (κ1) is 14.8. The molecule has 14 heavy (non-hydrogen) atoms. The molecule has 0 amide bonds. The van der Waals surface area contributed by atoms with E-state index in [1.807, 2.05) is 6.55 Å². The van der Waals surface area contributed by atoms with Crippen molar-refractivity contribution in [2.75, 3.05) is 6.61 Å². The molecule has 0 fully saturated rings. The van der Waals surface area contributed by atoms with Gasteiger partial charge in [-0.2, -0.15) is 0 Å². The van der Waals surface area contributed by atoms with Gasteiger partial charge in [0.1, 0.15) is 0 Å². The van der Waals surface area contributed by atoms with Crippen molar-refractivity contribution in [3.63, 3.8) is 0 Å². The Labute approximate surface area is 98.2 Å². The predicted octanol–water partition coefficient (Wildman–Crippen LogP) is 4.26. The molecule has 0 saturated heterocycles. The predicted molar refractivity (Wildman–Crippen MR) is 67.5 cm³/mol. The molecule has 0 heterocycles. The van der Waals surface area contributed by atoms with Crippen LogP contribution in [0.1, 0.15) is 44.9 Å². The fourth-order valence-corrected chi connectivity index (χ4v) is 3.10. The molecule has 0 bridgehead atoms. The van der Waals surface area contributed by atoms with Gasteiger partial charge in [0.15, 0.2) is 0 Å². The van der Waals surface area contributed by atoms with E-state index in [4.69, 9.17) is 27.3 Å². The van der Waals surface area contributed by atoms with Crippen molar-refractivity contribution in [1.82, 2.24) is 0 Å². The van der Waals surface area contributed by atoms with Gasteiger partial charge in [-0.1, -0.05) is 38.5 Å². The summed E-state index contributed by atoms with van der Waals surface area (Å²) in [4.78, 5) is 0. The number of hydrogen-bond donors (Lipinski definition) is 1. The first-order chi connectivity index (χ1) is 6.56. The first-order valence-corrected chi connectivity index (χ1v) is 10.3. The van der Waals surface area contributed by atoms with Crippen LogP contribution in [0.2, 0.25) is 12.6 Å². The maximum absolute atomic E-state index is 8.57. The van der Waals surface area contributed by atoms with E-state index in [9.17, 15) is 0 Å². The summed E-state index contributed by atoms with van der Waals surface area (Å²) >= 11 is 12.0. The summed E-state index contributed by atoms with van der Waals surface area (Å²) in [7, 11) is 0. The van der Waals surface area contributed by atoms with Crippen molar-refractivity contribution >= 4 is 28.9 Å². The van der Waals surface area contributed by atoms with Gasteiger partial charge in [-0.3, -0.25) is 0 Å². The largest absolute Gasteiger partial charge is 0.396 e. The van der Waals surface area contributed by atoms with Crippen molar-refractivity contribution in [3.05, 3.63) is 0 Å². The molecule has 0 aromatic rings. The van der Waals surface area contributed by atoms with E-state index in [-0.39, 0.29) is 0 Å². The van der Waals surface area contributed by atoms with Crippen LogP contribution >= 0.6 is 22.2 Å². The average molecular weight is 257 g/mol. The summed E-state index contributed by atoms with van der Waals surface area (Å²) in [5, 5.41) is 8.57. The molecule has 1 N–H and O–H groups in total. The molecule has 0 aliphatic rings. The lowest BCUT2D eigenvalue weighted by molar-refractivity contribution is 0.282. The summed E-state index contributed by atoms with van der Waals surface area (Å²) in [5.41, 5.74) is 0. The second-order valence-corrected chi connectivity index (χ2v) is 12.2. The van der Waals surface area contributed by atoms with Crippen LogP contribution in [-0.4, -0.2) is 18.4 Å². The van der Waals surface area contributed by atoms with Crippen LogP contribution in [0.4, 0.5) is 0 Å². The zero-order valence-electron chi connectivity index (χ0n) is 9.07. The molecule has 0 unspecified atom stereocenters. The van der Waals surface area contributed by atoms with Crippen molar-refractivity contribution in [2.24, 2.45) is 0 Å². The van der Waals surface area contributed by atoms with Gasteiger partial charge in [0, 0.05) is 6.61 Å². The maximum Gasteiger partial charge on any atom is 0.248 e. The molecule has 0 aromatic heterocycles. The van der Waals surface area contributed by atoms with Gasteiger partial charge in [0.25, 0.3) is 0 Å². The van der Waals surface area contributed by atoms with E-state index in [0.717, 1.165) is 18.9 Å². The monoisotopic (exact) mass is 256 g/mol. The maximum atomic E-state index is 8.57. The lowest BCUT2D eigenvalue weighted by Gasteiger charge is -2.08. The molecular formula is C10H22Cl2OSi. The van der Waals surface area contributed by atoms with Crippen LogP contribution < -0.4 is 0 Å². The third-order valence-corrected chi connectivity index (χ3v) is 4.64. The van der Waals surface area contributed by atoms with Crippen LogP contribution in [0, 0.1) is 0 Å². The summed E-state index contributed by atoms with van der Waals surface area (Å²) in [6.07, 6.45) is 8.35. The van der Waals surface area contributed by atoms with Crippen LogP contribution in [0.15, 0.2) is 0 Å². The molecule has 0 aliphatic carbocycles. The minimum Gasteiger partial charge on any atom is -0.396 e. The molecule has 0 aliphatic heterocycles. The Morgan fingerprint density at radius 3 is 1.71 bits per heavy atom. The lowest BCUT2D eigenvalue weighted by Crippen LogP contribution is -2.11. The highest BCUT2D eigenvalue weighted by molar-refractivity contribution is 7.44. The second kappa shape index (κ2) is 9.02. The number of rotatable bonds is 9. The normalized spacial score (nSPS) is 12.0. The molecule has 0 atom stereocenters. The van der Waals surface area contributed by atoms with Crippen LogP contribution in [0.25, 0.3) is 0 Å². The van der Waals surface area contributed by atoms with Crippen molar-refractivity contribution in [2.45, 2.75) is 57.5 Å². The summed E-state index contributed by atoms with van der Waals surface area (Å²) in [6, 6.07) is 1.02. The standard InChI is InChI=1S/C10H22Cl2OSi/c1-14(11,12)10-8-6-4-2-3-5-7-9-13/h13H,2-10H2,1H3. The molecule has 4 heteroatoms. The third-order valence-electron chi connectivity index (χ3n) is 2.27. The third kappa shape index (κ3) is 12.8. The Bertz CT molecular complexity index is 126. The smallest absolute Gasteiger partial charge is 0.248 e. The first-order valence-electron chi connectivity index (χ1n) is 5.55. The van der Waals surface area contributed by atoms with Crippen LogP contribution in [0.3, 0.4) is 0 Å². The van der Waals surface area contributed by atoms with Crippen LogP contribution in [-0.2, 0) is 0 Å². The van der Waals surface area contributed by atoms with E-state index < -0.39 is 6.69 Å². The summed E-state index contributed by atoms with van der Waals surface area (Å²) < 4.78 is 0. The number of unbranched alkanes of at least 4 members (excludes halogenated alkanes) is 6. The summed E-state index contributed by atoms with van der Waals surface area (Å²) in [5.74, 6) is 0. The highest BCUT2D eigenvalue weighted by Gasteiger charge is 2.19. The summed E-state index contributed by atoms with van der Waals surface area (Å²) in [6.45, 7) is 0.492. The molecule has 0 aromatic carbocycles. The molecule has 0 spiro atoms. The quantitative estimate of drug-likeness (QED) is 0.372. The van der Waals surface area contributed by atoms with Gasteiger partial charge < -0.3 is 5.11 Å². The topological polar surface area (TPSA) is 20.2 Å². The van der Waals surface area contributed by atoms with Gasteiger partial charge in [0.05, 0.1) is 0 Å². The minimum absolute atomic E-state index is 0.336. The lowest BCUT2D eigenvalue weighted by atomic mass is 10.1. The minimum atomic E-state index is -1.83. The average Bonchev–Trinajstić information content (AvgIpc) is 2.08. The SMILES string of the molecule is C[Si](Cl)(Cl)CCCCCCCCCO. The fourth-order valence-electron chi connectivity index (χ4n) is 1.43. The zero-order chi connectivity index (χ0) is 10.9. The van der Waals surface area contributed by atoms with Gasteiger partial charge in [-0.15, -0.1) is 22.2 Å². The number of aliphatic hydroxyl groups excluding tert-OH is 1. The molecule has 1 nitrogen and oxygen atoms in total. The Morgan fingerprint density at radius 1 is 0.857 bits per heavy atom. The Morgan fingerprint density at radius 2 is 1.29 bits per heavy atom. The van der Waals surface area contributed by atoms with Gasteiger partial charge in [-0.05, 0) is 19.0 Å². The Kier molecular flexibility index (Phi) is 9.50. The fraction of sp³-hybridized carbons (Fsp3) is 1.00. The number of aliphatic hydroxyl groups is 1. The Balaban J connectivity index is 2.99. The number of halogens is 2. The Hall–Kier alpha value is 0.757. The van der Waals surface area contributed by atoms with Crippen LogP contribution in [0.5, 0.6) is 0 Å².